The summed E-state index contributed by atoms with van der Waals surface area (Å²) in [5.74, 6) is 1.39. The molecule has 1 N–H and O–H groups in total. The molecule has 1 unspecified atom stereocenters. The van der Waals surface area contributed by atoms with Crippen LogP contribution in [0, 0.1) is 0 Å². The fraction of sp³-hybridized carbons (Fsp3) is 0.350. The van der Waals surface area contributed by atoms with E-state index in [0.717, 1.165) is 34.7 Å². The Morgan fingerprint density at radius 1 is 1.26 bits per heavy atom. The van der Waals surface area contributed by atoms with Crippen LogP contribution in [-0.2, 0) is 4.74 Å². The van der Waals surface area contributed by atoms with E-state index in [4.69, 9.17) is 4.74 Å². The molecule has 1 atom stereocenters. The summed E-state index contributed by atoms with van der Waals surface area (Å²) in [4.78, 5) is 23.1. The molecule has 0 bridgehead atoms. The van der Waals surface area contributed by atoms with Gasteiger partial charge in [0.05, 0.1) is 16.8 Å². The van der Waals surface area contributed by atoms with Crippen LogP contribution in [0.3, 0.4) is 0 Å². The Hall–Kier alpha value is -2.67. The Morgan fingerprint density at radius 2 is 2.07 bits per heavy atom. The highest BCUT2D eigenvalue weighted by Gasteiger charge is 2.28. The predicted octanol–water partition coefficient (Wildman–Crippen LogP) is 4.64. The number of carbonyl (C=O) groups excluding carboxylic acids is 1. The van der Waals surface area contributed by atoms with Crippen molar-refractivity contribution in [2.75, 3.05) is 23.3 Å². The van der Waals surface area contributed by atoms with Gasteiger partial charge in [0.25, 0.3) is 0 Å². The third kappa shape index (κ3) is 3.88. The lowest BCUT2D eigenvalue weighted by molar-refractivity contribution is 0.122. The van der Waals surface area contributed by atoms with Crippen LogP contribution in [0.15, 0.2) is 42.0 Å². The van der Waals surface area contributed by atoms with Gasteiger partial charge in [0.2, 0.25) is 0 Å². The van der Waals surface area contributed by atoms with E-state index < -0.39 is 6.09 Å². The molecule has 0 aliphatic carbocycles. The zero-order valence-corrected chi connectivity index (χ0v) is 16.2. The normalized spacial score (nSPS) is 16.9. The lowest BCUT2D eigenvalue weighted by Crippen LogP contribution is -2.27. The minimum absolute atomic E-state index is 0.148. The van der Waals surface area contributed by atoms with Crippen LogP contribution in [0.5, 0.6) is 0 Å². The van der Waals surface area contributed by atoms with Gasteiger partial charge in [-0.05, 0) is 35.1 Å². The fourth-order valence-electron chi connectivity index (χ4n) is 3.27. The SMILES string of the molecule is CC(C)c1ccc(NC(=O)OC2CCN(c3ncnc4ccsc34)C2)cc1. The predicted molar refractivity (Wildman–Crippen MR) is 109 cm³/mol. The van der Waals surface area contributed by atoms with E-state index in [-0.39, 0.29) is 6.10 Å². The monoisotopic (exact) mass is 382 g/mol. The standard InChI is InChI=1S/C20H22N4O2S/c1-13(2)14-3-5-15(6-4-14)23-20(25)26-16-7-9-24(11-16)19-18-17(8-10-27-18)21-12-22-19/h3-6,8,10,12-13,16H,7,9,11H2,1-2H3,(H,23,25). The van der Waals surface area contributed by atoms with E-state index in [1.54, 1.807) is 17.7 Å². The third-order valence-corrected chi connectivity index (χ3v) is 5.67. The number of benzene rings is 1. The summed E-state index contributed by atoms with van der Waals surface area (Å²) >= 11 is 1.63. The number of nitrogens with one attached hydrogen (secondary N) is 1. The second-order valence-electron chi connectivity index (χ2n) is 7.00. The molecule has 27 heavy (non-hydrogen) atoms. The van der Waals surface area contributed by atoms with Crippen molar-refractivity contribution in [3.05, 3.63) is 47.6 Å². The van der Waals surface area contributed by atoms with Crippen molar-refractivity contribution in [2.45, 2.75) is 32.3 Å². The van der Waals surface area contributed by atoms with E-state index >= 15 is 0 Å². The third-order valence-electron chi connectivity index (χ3n) is 4.77. The van der Waals surface area contributed by atoms with E-state index in [1.807, 2.05) is 35.7 Å². The number of fused-ring (bicyclic) bond motifs is 1. The van der Waals surface area contributed by atoms with Crippen molar-refractivity contribution >= 4 is 39.2 Å². The van der Waals surface area contributed by atoms with Gasteiger partial charge >= 0.3 is 6.09 Å². The number of anilines is 2. The molecule has 4 rings (SSSR count). The van der Waals surface area contributed by atoms with Gasteiger partial charge in [0, 0.05) is 18.7 Å². The number of carbonyl (C=O) groups is 1. The minimum atomic E-state index is -0.414. The lowest BCUT2D eigenvalue weighted by Gasteiger charge is -2.18. The van der Waals surface area contributed by atoms with Gasteiger partial charge in [0.1, 0.15) is 18.2 Å². The molecule has 140 valence electrons. The Morgan fingerprint density at radius 3 is 2.85 bits per heavy atom. The smallest absolute Gasteiger partial charge is 0.411 e. The van der Waals surface area contributed by atoms with E-state index in [1.165, 1.54) is 5.56 Å². The molecule has 1 saturated heterocycles. The van der Waals surface area contributed by atoms with Crippen LogP contribution in [0.25, 0.3) is 10.2 Å². The number of nitrogens with zero attached hydrogens (tertiary/aromatic N) is 3. The molecule has 1 fully saturated rings. The molecule has 0 saturated carbocycles. The summed E-state index contributed by atoms with van der Waals surface area (Å²) in [7, 11) is 0. The molecule has 3 aromatic rings. The summed E-state index contributed by atoms with van der Waals surface area (Å²) in [6.07, 6.45) is 1.82. The van der Waals surface area contributed by atoms with Crippen LogP contribution in [0.2, 0.25) is 0 Å². The number of rotatable bonds is 4. The van der Waals surface area contributed by atoms with E-state index in [0.29, 0.717) is 12.5 Å². The van der Waals surface area contributed by atoms with E-state index in [9.17, 15) is 4.79 Å². The second-order valence-corrected chi connectivity index (χ2v) is 7.91. The van der Waals surface area contributed by atoms with Crippen LogP contribution in [0.1, 0.15) is 31.7 Å². The van der Waals surface area contributed by atoms with Crippen molar-refractivity contribution < 1.29 is 9.53 Å². The van der Waals surface area contributed by atoms with Crippen LogP contribution in [0.4, 0.5) is 16.3 Å². The number of ether oxygens (including phenoxy) is 1. The van der Waals surface area contributed by atoms with Crippen LogP contribution < -0.4 is 10.2 Å². The average Bonchev–Trinajstić information content (AvgIpc) is 3.31. The van der Waals surface area contributed by atoms with Gasteiger partial charge in [-0.1, -0.05) is 26.0 Å². The van der Waals surface area contributed by atoms with Crippen molar-refractivity contribution in [3.63, 3.8) is 0 Å². The van der Waals surface area contributed by atoms with E-state index in [2.05, 4.69) is 34.0 Å². The highest BCUT2D eigenvalue weighted by molar-refractivity contribution is 7.17. The highest BCUT2D eigenvalue weighted by atomic mass is 32.1. The molecular formula is C20H22N4O2S. The Balaban J connectivity index is 1.35. The molecule has 1 aliphatic rings. The molecular weight excluding hydrogens is 360 g/mol. The Labute approximate surface area is 162 Å². The lowest BCUT2D eigenvalue weighted by atomic mass is 10.0. The molecule has 7 heteroatoms. The topological polar surface area (TPSA) is 67.3 Å². The molecule has 1 aromatic carbocycles. The summed E-state index contributed by atoms with van der Waals surface area (Å²) in [6, 6.07) is 9.86. The molecule has 2 aromatic heterocycles. The second kappa shape index (κ2) is 7.52. The van der Waals surface area contributed by atoms with Gasteiger partial charge in [-0.3, -0.25) is 5.32 Å². The largest absolute Gasteiger partial charge is 0.444 e. The van der Waals surface area contributed by atoms with Gasteiger partial charge in [0.15, 0.2) is 0 Å². The van der Waals surface area contributed by atoms with Crippen LogP contribution in [-0.4, -0.2) is 35.3 Å². The summed E-state index contributed by atoms with van der Waals surface area (Å²) in [5.41, 5.74) is 2.94. The maximum atomic E-state index is 12.2. The first-order valence-electron chi connectivity index (χ1n) is 9.11. The van der Waals surface area contributed by atoms with Gasteiger partial charge in [-0.25, -0.2) is 14.8 Å². The molecule has 6 nitrogen and oxygen atoms in total. The molecule has 1 aliphatic heterocycles. The first-order valence-corrected chi connectivity index (χ1v) is 9.99. The average molecular weight is 382 g/mol. The number of thiophene rings is 1. The summed E-state index contributed by atoms with van der Waals surface area (Å²) in [6.45, 7) is 5.74. The highest BCUT2D eigenvalue weighted by Crippen LogP contribution is 2.30. The van der Waals surface area contributed by atoms with Crippen LogP contribution >= 0.6 is 11.3 Å². The van der Waals surface area contributed by atoms with Gasteiger partial charge in [-0.2, -0.15) is 0 Å². The molecule has 0 spiro atoms. The van der Waals surface area contributed by atoms with Crippen molar-refractivity contribution in [1.82, 2.24) is 9.97 Å². The quantitative estimate of drug-likeness (QED) is 0.712. The first kappa shape index (κ1) is 17.7. The fourth-order valence-corrected chi connectivity index (χ4v) is 4.13. The minimum Gasteiger partial charge on any atom is -0.444 e. The number of aromatic nitrogens is 2. The van der Waals surface area contributed by atoms with Gasteiger partial charge in [-0.15, -0.1) is 11.3 Å². The number of amides is 1. The maximum absolute atomic E-state index is 12.2. The van der Waals surface area contributed by atoms with Crippen molar-refractivity contribution in [3.8, 4) is 0 Å². The maximum Gasteiger partial charge on any atom is 0.411 e. The molecule has 3 heterocycles. The summed E-state index contributed by atoms with van der Waals surface area (Å²) in [5, 5.41) is 4.83. The number of hydrogen-bond acceptors (Lipinski definition) is 6. The van der Waals surface area contributed by atoms with Crippen molar-refractivity contribution in [2.24, 2.45) is 0 Å². The molecule has 0 radical (unpaired) electrons. The Bertz CT molecular complexity index is 939. The van der Waals surface area contributed by atoms with Crippen molar-refractivity contribution in [1.29, 1.82) is 0 Å². The number of hydrogen-bond donors (Lipinski definition) is 1. The van der Waals surface area contributed by atoms with Gasteiger partial charge < -0.3 is 9.64 Å². The zero-order chi connectivity index (χ0) is 18.8. The Kier molecular flexibility index (Phi) is 4.94. The first-order chi connectivity index (χ1) is 13.1. The molecule has 1 amide bonds. The summed E-state index contributed by atoms with van der Waals surface area (Å²) < 4.78 is 6.68. The zero-order valence-electron chi connectivity index (χ0n) is 15.4.